The highest BCUT2D eigenvalue weighted by atomic mass is 31.2. The van der Waals surface area contributed by atoms with Gasteiger partial charge >= 0.3 is 13.3 Å². The Morgan fingerprint density at radius 3 is 2.83 bits per heavy atom. The van der Waals surface area contributed by atoms with E-state index in [0.29, 0.717) is 12.2 Å². The molecule has 5 atom stereocenters. The van der Waals surface area contributed by atoms with Gasteiger partial charge in [0.25, 0.3) is 11.4 Å². The average Bonchev–Trinajstić information content (AvgIpc) is 2.91. The number of rotatable bonds is 4. The Kier molecular flexibility index (Phi) is 4.96. The van der Waals surface area contributed by atoms with Crippen molar-refractivity contribution in [2.45, 2.75) is 30.7 Å². The number of halogens is 1. The maximum absolute atomic E-state index is 15.2. The first-order valence-corrected chi connectivity index (χ1v) is 10.5. The summed E-state index contributed by atoms with van der Waals surface area (Å²) in [4.78, 5) is 25.0. The van der Waals surface area contributed by atoms with Crippen molar-refractivity contribution in [2.75, 3.05) is 12.8 Å². The second-order valence-electron chi connectivity index (χ2n) is 6.80. The van der Waals surface area contributed by atoms with Gasteiger partial charge in [-0.25, -0.2) is 13.8 Å². The molecule has 156 valence electrons. The molecule has 0 aliphatic carbocycles. The highest BCUT2D eigenvalue weighted by molar-refractivity contribution is 7.54. The minimum atomic E-state index is -3.72. The zero-order valence-electron chi connectivity index (χ0n) is 14.9. The molecule has 10 nitrogen and oxygen atoms in total. The summed E-state index contributed by atoms with van der Waals surface area (Å²) in [6.07, 6.45) is -4.18. The van der Waals surface area contributed by atoms with Crippen LogP contribution in [0.15, 0.2) is 46.1 Å². The first-order valence-electron chi connectivity index (χ1n) is 8.76. The maximum Gasteiger partial charge on any atom is 0.379 e. The summed E-state index contributed by atoms with van der Waals surface area (Å²) in [5.41, 5.74) is -0.816. The molecule has 3 heterocycles. The van der Waals surface area contributed by atoms with Gasteiger partial charge in [-0.2, -0.15) is 0 Å². The summed E-state index contributed by atoms with van der Waals surface area (Å²) in [5.74, 6) is -2.60. The number of hydrogen-bond acceptors (Lipinski definition) is 8. The molecule has 0 bridgehead atoms. The van der Waals surface area contributed by atoms with E-state index < -0.39 is 49.7 Å². The number of aliphatic hydroxyl groups is 2. The maximum atomic E-state index is 15.2. The van der Waals surface area contributed by atoms with Crippen LogP contribution in [0.5, 0.6) is 5.75 Å². The van der Waals surface area contributed by atoms with Crippen molar-refractivity contribution in [1.29, 1.82) is 0 Å². The van der Waals surface area contributed by atoms with Gasteiger partial charge in [0.2, 0.25) is 0 Å². The summed E-state index contributed by atoms with van der Waals surface area (Å²) in [6.45, 7) is -1.00. The van der Waals surface area contributed by atoms with Crippen LogP contribution in [0.1, 0.15) is 11.8 Å². The van der Waals surface area contributed by atoms with E-state index in [1.165, 1.54) is 0 Å². The highest BCUT2D eigenvalue weighted by Gasteiger charge is 2.57. The van der Waals surface area contributed by atoms with Crippen molar-refractivity contribution in [3.63, 3.8) is 0 Å². The molecule has 2 aliphatic heterocycles. The molecule has 3 N–H and O–H groups in total. The topological polar surface area (TPSA) is 140 Å². The van der Waals surface area contributed by atoms with E-state index in [2.05, 4.69) is 0 Å². The number of ether oxygens (including phenoxy) is 1. The Morgan fingerprint density at radius 2 is 2.07 bits per heavy atom. The molecule has 1 fully saturated rings. The lowest BCUT2D eigenvalue weighted by Gasteiger charge is -2.29. The highest BCUT2D eigenvalue weighted by Crippen LogP contribution is 2.54. The molecule has 29 heavy (non-hydrogen) atoms. The van der Waals surface area contributed by atoms with Gasteiger partial charge in [-0.3, -0.25) is 18.9 Å². The molecule has 0 spiro atoms. The zero-order chi connectivity index (χ0) is 20.8. The van der Waals surface area contributed by atoms with E-state index >= 15 is 4.39 Å². The van der Waals surface area contributed by atoms with Crippen molar-refractivity contribution in [3.8, 4) is 5.75 Å². The van der Waals surface area contributed by atoms with E-state index in [-0.39, 0.29) is 6.16 Å². The van der Waals surface area contributed by atoms with Gasteiger partial charge in [0.1, 0.15) is 24.6 Å². The number of H-pyrrole nitrogens is 1. The molecule has 4 rings (SSSR count). The third-order valence-corrected chi connectivity index (χ3v) is 6.59. The van der Waals surface area contributed by atoms with Crippen LogP contribution in [-0.4, -0.2) is 50.6 Å². The van der Waals surface area contributed by atoms with Crippen LogP contribution in [0, 0.1) is 0 Å². The molecule has 0 saturated carbocycles. The van der Waals surface area contributed by atoms with Crippen LogP contribution in [0.3, 0.4) is 0 Å². The number of alkyl halides is 1. The van der Waals surface area contributed by atoms with Crippen LogP contribution in [-0.2, 0) is 20.2 Å². The van der Waals surface area contributed by atoms with Crippen LogP contribution in [0.4, 0.5) is 4.39 Å². The summed E-state index contributed by atoms with van der Waals surface area (Å²) in [7, 11) is -3.72. The number of nitrogens with zero attached hydrogens (tertiary/aromatic N) is 1. The molecule has 1 aromatic heterocycles. The van der Waals surface area contributed by atoms with E-state index in [0.717, 1.165) is 22.4 Å². The second-order valence-corrected chi connectivity index (χ2v) is 8.91. The van der Waals surface area contributed by atoms with Gasteiger partial charge in [0.15, 0.2) is 6.23 Å². The fourth-order valence-electron chi connectivity index (χ4n) is 3.25. The third-order valence-electron chi connectivity index (χ3n) is 4.82. The number of hydrogen-bond donors (Lipinski definition) is 3. The third kappa shape index (κ3) is 3.67. The normalized spacial score (nSPS) is 33.8. The molecule has 2 aliphatic rings. The van der Waals surface area contributed by atoms with Gasteiger partial charge in [0, 0.05) is 12.3 Å². The molecule has 12 heteroatoms. The summed E-state index contributed by atoms with van der Waals surface area (Å²) in [5, 5.41) is 20.3. The Bertz CT molecular complexity index is 1090. The number of aromatic nitrogens is 2. The van der Waals surface area contributed by atoms with Crippen LogP contribution in [0.25, 0.3) is 0 Å². The van der Waals surface area contributed by atoms with Gasteiger partial charge in [-0.05, 0) is 18.1 Å². The Morgan fingerprint density at radius 1 is 1.31 bits per heavy atom. The standard InChI is InChI=1S/C17H18FN2O8P/c18-17(9-26-29(25)8-6-10-3-1-2-4-11(10)28-29)14(23)13(22)15(27-17)20-7-5-12(21)19-16(20)24/h1-5,7,13-15,22-23H,6,8-9H2,(H,19,21,24)/t13-,14+,15-,17-,29+/m1/s1. The minimum Gasteiger partial charge on any atom is -0.424 e. The molecule has 1 saturated heterocycles. The number of fused-ring (bicyclic) bond motifs is 1. The van der Waals surface area contributed by atoms with Gasteiger partial charge in [-0.1, -0.05) is 18.2 Å². The van der Waals surface area contributed by atoms with Crippen molar-refractivity contribution < 1.29 is 33.0 Å². The first kappa shape index (κ1) is 20.0. The Balaban J connectivity index is 1.51. The molecule has 0 unspecified atom stereocenters. The predicted octanol–water partition coefficient (Wildman–Crippen LogP) is 0.298. The SMILES string of the molecule is O=c1ccn([C@@H]2O[C@](F)(CO[P@@]3(=O)CCc4ccccc4O3)[C@@H](O)[C@H]2O)c(=O)[nH]1. The van der Waals surface area contributed by atoms with Crippen LogP contribution in [0.2, 0.25) is 0 Å². The molecule has 2 aromatic rings. The molecular weight excluding hydrogens is 410 g/mol. The number of aliphatic hydroxyl groups excluding tert-OH is 2. The summed E-state index contributed by atoms with van der Waals surface area (Å²) < 4.78 is 44.4. The number of aryl methyl sites for hydroxylation is 1. The van der Waals surface area contributed by atoms with E-state index in [4.69, 9.17) is 13.8 Å². The number of nitrogens with one attached hydrogen (secondary N) is 1. The van der Waals surface area contributed by atoms with Gasteiger partial charge in [-0.15, -0.1) is 0 Å². The van der Waals surface area contributed by atoms with Crippen LogP contribution < -0.4 is 15.8 Å². The minimum absolute atomic E-state index is 0.00154. The smallest absolute Gasteiger partial charge is 0.379 e. The van der Waals surface area contributed by atoms with Gasteiger partial charge < -0.3 is 19.5 Å². The van der Waals surface area contributed by atoms with Crippen molar-refractivity contribution in [2.24, 2.45) is 0 Å². The monoisotopic (exact) mass is 428 g/mol. The number of benzene rings is 1. The molecule has 0 amide bonds. The molecule has 0 radical (unpaired) electrons. The van der Waals surface area contributed by atoms with E-state index in [1.54, 1.807) is 18.2 Å². The quantitative estimate of drug-likeness (QED) is 0.591. The fourth-order valence-corrected chi connectivity index (χ4v) is 4.89. The van der Waals surface area contributed by atoms with E-state index in [1.807, 2.05) is 11.1 Å². The zero-order valence-corrected chi connectivity index (χ0v) is 15.8. The largest absolute Gasteiger partial charge is 0.424 e. The fraction of sp³-hybridized carbons (Fsp3) is 0.412. The molecular formula is C17H18FN2O8P. The Labute approximate surface area is 163 Å². The van der Waals surface area contributed by atoms with Crippen molar-refractivity contribution >= 4 is 7.60 Å². The lowest BCUT2D eigenvalue weighted by atomic mass is 10.1. The lowest BCUT2D eigenvalue weighted by Crippen LogP contribution is -2.43. The average molecular weight is 428 g/mol. The predicted molar refractivity (Wildman–Crippen MR) is 96.5 cm³/mol. The van der Waals surface area contributed by atoms with Crippen LogP contribution >= 0.6 is 7.60 Å². The first-order chi connectivity index (χ1) is 13.7. The second kappa shape index (κ2) is 7.19. The Hall–Kier alpha value is -2.30. The summed E-state index contributed by atoms with van der Waals surface area (Å²) in [6, 6.07) is 7.89. The number of para-hydroxylation sites is 1. The van der Waals surface area contributed by atoms with Crippen molar-refractivity contribution in [3.05, 3.63) is 62.9 Å². The molecule has 1 aromatic carbocycles. The van der Waals surface area contributed by atoms with E-state index in [9.17, 15) is 24.4 Å². The lowest BCUT2D eigenvalue weighted by molar-refractivity contribution is -0.203. The van der Waals surface area contributed by atoms with Gasteiger partial charge in [0.05, 0.1) is 6.16 Å². The number of aromatic amines is 1. The summed E-state index contributed by atoms with van der Waals surface area (Å²) >= 11 is 0. The van der Waals surface area contributed by atoms with Crippen molar-refractivity contribution in [1.82, 2.24) is 9.55 Å².